The van der Waals surface area contributed by atoms with Crippen molar-refractivity contribution in [3.63, 3.8) is 0 Å². The predicted octanol–water partition coefficient (Wildman–Crippen LogP) is 5.93. The average Bonchev–Trinajstić information content (AvgIpc) is 2.80. The van der Waals surface area contributed by atoms with Crippen molar-refractivity contribution in [3.8, 4) is 0 Å². The van der Waals surface area contributed by atoms with Gasteiger partial charge < -0.3 is 10.1 Å². The van der Waals surface area contributed by atoms with Crippen LogP contribution in [0, 0.1) is 0 Å². The Labute approximate surface area is 206 Å². The first kappa shape index (κ1) is 22.3. The molecule has 1 saturated heterocycles. The summed E-state index contributed by atoms with van der Waals surface area (Å²) in [6, 6.07) is 27.1. The van der Waals surface area contributed by atoms with E-state index in [2.05, 4.69) is 96.8 Å². The number of nitrogens with zero attached hydrogens (tertiary/aromatic N) is 3. The maximum absolute atomic E-state index is 6.23. The van der Waals surface area contributed by atoms with Gasteiger partial charge in [0.1, 0.15) is 5.82 Å². The molecule has 1 aliphatic heterocycles. The van der Waals surface area contributed by atoms with Crippen LogP contribution in [0.25, 0.3) is 10.9 Å². The van der Waals surface area contributed by atoms with Crippen LogP contribution < -0.4 is 5.32 Å². The molecule has 1 N–H and O–H groups in total. The molecule has 5 nitrogen and oxygen atoms in total. The zero-order valence-corrected chi connectivity index (χ0v) is 20.4. The zero-order chi connectivity index (χ0) is 22.7. The summed E-state index contributed by atoms with van der Waals surface area (Å²) in [6.45, 7) is 3.65. The molecule has 0 aliphatic carbocycles. The molecule has 0 amide bonds. The van der Waals surface area contributed by atoms with Crippen molar-refractivity contribution in [1.82, 2.24) is 14.9 Å². The summed E-state index contributed by atoms with van der Waals surface area (Å²) in [5.74, 6) is 0.733. The molecule has 3 aromatic carbocycles. The third kappa shape index (κ3) is 5.04. The lowest BCUT2D eigenvalue weighted by atomic mass is 9.92. The van der Waals surface area contributed by atoms with Gasteiger partial charge in [-0.3, -0.25) is 4.90 Å². The first-order valence-corrected chi connectivity index (χ1v) is 12.1. The van der Waals surface area contributed by atoms with Gasteiger partial charge in [-0.25, -0.2) is 9.97 Å². The number of rotatable bonds is 8. The van der Waals surface area contributed by atoms with Crippen molar-refractivity contribution >= 4 is 44.3 Å². The average molecular weight is 524 g/mol. The van der Waals surface area contributed by atoms with Gasteiger partial charge >= 0.3 is 0 Å². The first-order chi connectivity index (χ1) is 16.1. The Balaban J connectivity index is 1.44. The van der Waals surface area contributed by atoms with E-state index in [1.165, 1.54) is 11.1 Å². The lowest BCUT2D eigenvalue weighted by Gasteiger charge is -2.50. The van der Waals surface area contributed by atoms with E-state index in [1.54, 1.807) is 0 Å². The Hall–Kier alpha value is -2.51. The van der Waals surface area contributed by atoms with Gasteiger partial charge in [0.15, 0.2) is 0 Å². The SMILES string of the molecule is Clc1nc(NCC2(N(Cc3ccccc3)Cc3ccccc3)COC2)c2cc(Br)ccc2n1. The number of anilines is 1. The standard InChI is InChI=1S/C26H24BrClN4O/c27-21-11-12-23-22(13-21)24(31-25(28)30-23)29-16-26(17-33-18-26)32(14-19-7-3-1-4-8-19)15-20-9-5-2-6-10-20/h1-13H,14-18H2,(H,29,30,31). The van der Waals surface area contributed by atoms with Gasteiger partial charge in [0, 0.05) is 29.5 Å². The predicted molar refractivity (Wildman–Crippen MR) is 136 cm³/mol. The Morgan fingerprint density at radius 1 is 0.909 bits per heavy atom. The van der Waals surface area contributed by atoms with Crippen LogP contribution in [0.5, 0.6) is 0 Å². The lowest BCUT2D eigenvalue weighted by Crippen LogP contribution is -2.65. The van der Waals surface area contributed by atoms with Crippen molar-refractivity contribution in [2.45, 2.75) is 18.6 Å². The summed E-state index contributed by atoms with van der Waals surface area (Å²) in [5, 5.41) is 4.74. The number of ether oxygens (including phenoxy) is 1. The summed E-state index contributed by atoms with van der Waals surface area (Å²) in [7, 11) is 0. The molecule has 168 valence electrons. The van der Waals surface area contributed by atoms with Crippen LogP contribution in [-0.4, -0.2) is 40.2 Å². The highest BCUT2D eigenvalue weighted by Gasteiger charge is 2.44. The summed E-state index contributed by atoms with van der Waals surface area (Å²) in [5.41, 5.74) is 3.20. The minimum absolute atomic E-state index is 0.165. The molecule has 2 heterocycles. The lowest BCUT2D eigenvalue weighted by molar-refractivity contribution is -0.140. The van der Waals surface area contributed by atoms with E-state index in [0.717, 1.165) is 34.3 Å². The second kappa shape index (κ2) is 9.77. The van der Waals surface area contributed by atoms with Crippen LogP contribution in [0.15, 0.2) is 83.3 Å². The van der Waals surface area contributed by atoms with Crippen molar-refractivity contribution in [3.05, 3.63) is 99.7 Å². The van der Waals surface area contributed by atoms with E-state index < -0.39 is 0 Å². The number of hydrogen-bond acceptors (Lipinski definition) is 5. The van der Waals surface area contributed by atoms with Crippen LogP contribution in [0.3, 0.4) is 0 Å². The molecule has 0 spiro atoms. The molecular weight excluding hydrogens is 500 g/mol. The van der Waals surface area contributed by atoms with Crippen LogP contribution >= 0.6 is 27.5 Å². The molecule has 1 fully saturated rings. The number of benzene rings is 3. The van der Waals surface area contributed by atoms with Gasteiger partial charge in [0.05, 0.1) is 24.3 Å². The summed E-state index contributed by atoms with van der Waals surface area (Å²) >= 11 is 9.78. The van der Waals surface area contributed by atoms with Crippen molar-refractivity contribution < 1.29 is 4.74 Å². The van der Waals surface area contributed by atoms with Gasteiger partial charge in [-0.15, -0.1) is 0 Å². The number of hydrogen-bond donors (Lipinski definition) is 1. The van der Waals surface area contributed by atoms with E-state index in [9.17, 15) is 0 Å². The quantitative estimate of drug-likeness (QED) is 0.290. The highest BCUT2D eigenvalue weighted by Crippen LogP contribution is 2.31. The van der Waals surface area contributed by atoms with Crippen molar-refractivity contribution in [2.75, 3.05) is 25.1 Å². The molecule has 7 heteroatoms. The highest BCUT2D eigenvalue weighted by atomic mass is 79.9. The van der Waals surface area contributed by atoms with Gasteiger partial charge in [-0.2, -0.15) is 0 Å². The van der Waals surface area contributed by atoms with Crippen LogP contribution in [-0.2, 0) is 17.8 Å². The molecule has 1 aromatic heterocycles. The van der Waals surface area contributed by atoms with E-state index in [-0.39, 0.29) is 10.8 Å². The molecule has 0 atom stereocenters. The molecule has 0 saturated carbocycles. The number of aromatic nitrogens is 2. The van der Waals surface area contributed by atoms with Crippen molar-refractivity contribution in [1.29, 1.82) is 0 Å². The largest absolute Gasteiger partial charge is 0.377 e. The Morgan fingerprint density at radius 3 is 2.12 bits per heavy atom. The third-order valence-corrected chi connectivity index (χ3v) is 6.72. The minimum Gasteiger partial charge on any atom is -0.377 e. The molecule has 4 aromatic rings. The van der Waals surface area contributed by atoms with Gasteiger partial charge in [0.2, 0.25) is 5.28 Å². The van der Waals surface area contributed by atoms with Crippen LogP contribution in [0.1, 0.15) is 11.1 Å². The fourth-order valence-corrected chi connectivity index (χ4v) is 4.73. The van der Waals surface area contributed by atoms with Gasteiger partial charge in [-0.1, -0.05) is 76.6 Å². The van der Waals surface area contributed by atoms with Crippen LogP contribution in [0.2, 0.25) is 5.28 Å². The molecule has 0 unspecified atom stereocenters. The molecule has 5 rings (SSSR count). The topological polar surface area (TPSA) is 50.3 Å². The number of fused-ring (bicyclic) bond motifs is 1. The molecule has 33 heavy (non-hydrogen) atoms. The maximum atomic E-state index is 6.23. The fraction of sp³-hybridized carbons (Fsp3) is 0.231. The first-order valence-electron chi connectivity index (χ1n) is 10.9. The monoisotopic (exact) mass is 522 g/mol. The molecule has 1 aliphatic rings. The molecule has 0 radical (unpaired) electrons. The number of halogens is 2. The smallest absolute Gasteiger partial charge is 0.224 e. The second-order valence-electron chi connectivity index (χ2n) is 8.40. The minimum atomic E-state index is -0.165. The van der Waals surface area contributed by atoms with Gasteiger partial charge in [0.25, 0.3) is 0 Å². The van der Waals surface area contributed by atoms with E-state index in [0.29, 0.717) is 19.8 Å². The summed E-state index contributed by atoms with van der Waals surface area (Å²) < 4.78 is 6.74. The van der Waals surface area contributed by atoms with Gasteiger partial charge in [-0.05, 0) is 40.9 Å². The summed E-state index contributed by atoms with van der Waals surface area (Å²) in [6.07, 6.45) is 0. The fourth-order valence-electron chi connectivity index (χ4n) is 4.19. The maximum Gasteiger partial charge on any atom is 0.224 e. The summed E-state index contributed by atoms with van der Waals surface area (Å²) in [4.78, 5) is 11.4. The van der Waals surface area contributed by atoms with E-state index in [4.69, 9.17) is 16.3 Å². The third-order valence-electron chi connectivity index (χ3n) is 6.06. The second-order valence-corrected chi connectivity index (χ2v) is 9.65. The van der Waals surface area contributed by atoms with E-state index >= 15 is 0 Å². The number of nitrogens with one attached hydrogen (secondary N) is 1. The zero-order valence-electron chi connectivity index (χ0n) is 18.0. The Kier molecular flexibility index (Phi) is 6.60. The van der Waals surface area contributed by atoms with Crippen LogP contribution in [0.4, 0.5) is 5.82 Å². The molecule has 0 bridgehead atoms. The molecular formula is C26H24BrClN4O. The highest BCUT2D eigenvalue weighted by molar-refractivity contribution is 9.10. The normalized spacial score (nSPS) is 14.9. The van der Waals surface area contributed by atoms with Crippen molar-refractivity contribution in [2.24, 2.45) is 0 Å². The Bertz CT molecular complexity index is 1190. The Morgan fingerprint density at radius 2 is 1.55 bits per heavy atom. The van der Waals surface area contributed by atoms with E-state index in [1.807, 2.05) is 18.2 Å².